The van der Waals surface area contributed by atoms with Gasteiger partial charge in [-0.05, 0) is 37.2 Å². The predicted molar refractivity (Wildman–Crippen MR) is 68.4 cm³/mol. The van der Waals surface area contributed by atoms with Crippen LogP contribution in [0.4, 0.5) is 0 Å². The van der Waals surface area contributed by atoms with E-state index in [0.717, 1.165) is 36.0 Å². The van der Waals surface area contributed by atoms with Crippen molar-refractivity contribution >= 4 is 11.6 Å². The van der Waals surface area contributed by atoms with Crippen LogP contribution in [0.3, 0.4) is 0 Å². The molecule has 0 saturated heterocycles. The summed E-state index contributed by atoms with van der Waals surface area (Å²) in [5.74, 6) is 0.903. The second-order valence-corrected chi connectivity index (χ2v) is 4.18. The molecule has 0 radical (unpaired) electrons. The highest BCUT2D eigenvalue weighted by atomic mass is 35.5. The first-order valence-electron chi connectivity index (χ1n) is 5.67. The zero-order valence-corrected chi connectivity index (χ0v) is 10.5. The summed E-state index contributed by atoms with van der Waals surface area (Å²) in [5, 5.41) is 8.25. The van der Waals surface area contributed by atoms with Crippen LogP contribution in [0, 0.1) is 0 Å². The van der Waals surface area contributed by atoms with Gasteiger partial charge in [0, 0.05) is 5.02 Å². The maximum absolute atomic E-state index is 5.86. The third kappa shape index (κ3) is 3.05. The summed E-state index contributed by atoms with van der Waals surface area (Å²) in [6.07, 6.45) is 2.67. The molecule has 1 aromatic carbocycles. The molecule has 1 N–H and O–H groups in total. The second-order valence-electron chi connectivity index (χ2n) is 3.74. The van der Waals surface area contributed by atoms with Gasteiger partial charge in [-0.3, -0.25) is 0 Å². The number of hydrogen-bond acceptors (Lipinski definition) is 3. The Hall–Kier alpha value is -1.39. The highest BCUT2D eigenvalue weighted by molar-refractivity contribution is 6.30. The van der Waals surface area contributed by atoms with Crippen molar-refractivity contribution in [3.63, 3.8) is 0 Å². The highest BCUT2D eigenvalue weighted by Crippen LogP contribution is 2.13. The standard InChI is InChI=1S/C12H15ClN4/c1-2-7-14-8-12-15-9-16-17(12)11-5-3-10(13)4-6-11/h3-6,9,14H,2,7-8H2,1H3. The van der Waals surface area contributed by atoms with E-state index in [0.29, 0.717) is 0 Å². The van der Waals surface area contributed by atoms with Crippen LogP contribution in [0.25, 0.3) is 5.69 Å². The quantitative estimate of drug-likeness (QED) is 0.829. The molecule has 0 saturated carbocycles. The van der Waals surface area contributed by atoms with Crippen molar-refractivity contribution in [3.8, 4) is 5.69 Å². The minimum atomic E-state index is 0.719. The van der Waals surface area contributed by atoms with Gasteiger partial charge in [-0.15, -0.1) is 0 Å². The molecule has 0 aliphatic rings. The van der Waals surface area contributed by atoms with E-state index in [-0.39, 0.29) is 0 Å². The summed E-state index contributed by atoms with van der Waals surface area (Å²) in [6.45, 7) is 3.83. The fraction of sp³-hybridized carbons (Fsp3) is 0.333. The summed E-state index contributed by atoms with van der Waals surface area (Å²) < 4.78 is 1.82. The molecular weight excluding hydrogens is 236 g/mol. The third-order valence-corrected chi connectivity index (χ3v) is 2.65. The van der Waals surface area contributed by atoms with Crippen molar-refractivity contribution in [2.45, 2.75) is 19.9 Å². The second kappa shape index (κ2) is 5.80. The average Bonchev–Trinajstić information content (AvgIpc) is 2.79. The number of benzene rings is 1. The van der Waals surface area contributed by atoms with Gasteiger partial charge in [0.05, 0.1) is 12.2 Å². The number of rotatable bonds is 5. The molecule has 2 rings (SSSR count). The lowest BCUT2D eigenvalue weighted by molar-refractivity contribution is 0.633. The Morgan fingerprint density at radius 3 is 2.76 bits per heavy atom. The molecule has 0 unspecified atom stereocenters. The fourth-order valence-electron chi connectivity index (χ4n) is 1.56. The van der Waals surface area contributed by atoms with Crippen molar-refractivity contribution in [1.82, 2.24) is 20.1 Å². The number of halogens is 1. The Morgan fingerprint density at radius 1 is 1.29 bits per heavy atom. The van der Waals surface area contributed by atoms with E-state index in [4.69, 9.17) is 11.6 Å². The Kier molecular flexibility index (Phi) is 4.12. The number of nitrogens with one attached hydrogen (secondary N) is 1. The summed E-state index contributed by atoms with van der Waals surface area (Å²) in [6, 6.07) is 7.56. The summed E-state index contributed by atoms with van der Waals surface area (Å²) in [4.78, 5) is 4.24. The van der Waals surface area contributed by atoms with Gasteiger partial charge in [0.2, 0.25) is 0 Å². The lowest BCUT2D eigenvalue weighted by atomic mass is 10.3. The Balaban J connectivity index is 2.15. The van der Waals surface area contributed by atoms with E-state index >= 15 is 0 Å². The fourth-order valence-corrected chi connectivity index (χ4v) is 1.69. The summed E-state index contributed by atoms with van der Waals surface area (Å²) in [5.41, 5.74) is 0.972. The van der Waals surface area contributed by atoms with Crippen molar-refractivity contribution in [1.29, 1.82) is 0 Å². The van der Waals surface area contributed by atoms with Crippen molar-refractivity contribution in [2.24, 2.45) is 0 Å². The third-order valence-electron chi connectivity index (χ3n) is 2.40. The molecule has 1 heterocycles. The Bertz CT molecular complexity index is 464. The SMILES string of the molecule is CCCNCc1ncnn1-c1ccc(Cl)cc1. The summed E-state index contributed by atoms with van der Waals surface area (Å²) >= 11 is 5.86. The lowest BCUT2D eigenvalue weighted by Gasteiger charge is -2.06. The Morgan fingerprint density at radius 2 is 2.06 bits per heavy atom. The molecule has 0 bridgehead atoms. The van der Waals surface area contributed by atoms with Crippen LogP contribution >= 0.6 is 11.6 Å². The van der Waals surface area contributed by atoms with Gasteiger partial charge in [0.25, 0.3) is 0 Å². The zero-order chi connectivity index (χ0) is 12.1. The number of nitrogens with zero attached hydrogens (tertiary/aromatic N) is 3. The lowest BCUT2D eigenvalue weighted by Crippen LogP contribution is -2.17. The van der Waals surface area contributed by atoms with Crippen LogP contribution in [0.5, 0.6) is 0 Å². The van der Waals surface area contributed by atoms with Gasteiger partial charge < -0.3 is 5.32 Å². The average molecular weight is 251 g/mol. The minimum absolute atomic E-state index is 0.719. The molecule has 17 heavy (non-hydrogen) atoms. The smallest absolute Gasteiger partial charge is 0.146 e. The Labute approximate surface area is 106 Å². The molecule has 4 nitrogen and oxygen atoms in total. The van der Waals surface area contributed by atoms with E-state index < -0.39 is 0 Å². The molecule has 2 aromatic rings. The van der Waals surface area contributed by atoms with Gasteiger partial charge >= 0.3 is 0 Å². The molecular formula is C12H15ClN4. The van der Waals surface area contributed by atoms with E-state index in [9.17, 15) is 0 Å². The monoisotopic (exact) mass is 250 g/mol. The molecule has 0 fully saturated rings. The largest absolute Gasteiger partial charge is 0.310 e. The van der Waals surface area contributed by atoms with Gasteiger partial charge in [-0.2, -0.15) is 5.10 Å². The molecule has 0 amide bonds. The highest BCUT2D eigenvalue weighted by Gasteiger charge is 2.05. The van der Waals surface area contributed by atoms with Crippen LogP contribution in [-0.4, -0.2) is 21.3 Å². The van der Waals surface area contributed by atoms with Crippen LogP contribution < -0.4 is 5.32 Å². The maximum atomic E-state index is 5.86. The van der Waals surface area contributed by atoms with E-state index in [1.165, 1.54) is 0 Å². The maximum Gasteiger partial charge on any atom is 0.146 e. The van der Waals surface area contributed by atoms with E-state index in [1.54, 1.807) is 6.33 Å². The van der Waals surface area contributed by atoms with Crippen molar-refractivity contribution in [3.05, 3.63) is 41.4 Å². The molecule has 0 spiro atoms. The topological polar surface area (TPSA) is 42.7 Å². The van der Waals surface area contributed by atoms with Crippen LogP contribution in [-0.2, 0) is 6.54 Å². The van der Waals surface area contributed by atoms with E-state index in [1.807, 2.05) is 28.9 Å². The first kappa shape index (κ1) is 12.1. The van der Waals surface area contributed by atoms with Gasteiger partial charge in [-0.25, -0.2) is 9.67 Å². The van der Waals surface area contributed by atoms with Gasteiger partial charge in [0.15, 0.2) is 0 Å². The number of hydrogen-bond donors (Lipinski definition) is 1. The first-order chi connectivity index (χ1) is 8.31. The molecule has 90 valence electrons. The molecule has 0 atom stereocenters. The molecule has 0 aliphatic heterocycles. The van der Waals surface area contributed by atoms with Crippen molar-refractivity contribution < 1.29 is 0 Å². The van der Waals surface area contributed by atoms with Crippen molar-refractivity contribution in [2.75, 3.05) is 6.54 Å². The molecule has 5 heteroatoms. The molecule has 1 aromatic heterocycles. The summed E-state index contributed by atoms with van der Waals surface area (Å²) in [7, 11) is 0. The van der Waals surface area contributed by atoms with E-state index in [2.05, 4.69) is 22.3 Å². The minimum Gasteiger partial charge on any atom is -0.310 e. The van der Waals surface area contributed by atoms with Crippen LogP contribution in [0.15, 0.2) is 30.6 Å². The molecule has 0 aliphatic carbocycles. The predicted octanol–water partition coefficient (Wildman–Crippen LogP) is 2.42. The number of aromatic nitrogens is 3. The van der Waals surface area contributed by atoms with Gasteiger partial charge in [0.1, 0.15) is 12.2 Å². The normalized spacial score (nSPS) is 10.7. The van der Waals surface area contributed by atoms with Crippen LogP contribution in [0.1, 0.15) is 19.2 Å². The zero-order valence-electron chi connectivity index (χ0n) is 9.73. The first-order valence-corrected chi connectivity index (χ1v) is 6.04. The van der Waals surface area contributed by atoms with Gasteiger partial charge in [-0.1, -0.05) is 18.5 Å². The van der Waals surface area contributed by atoms with Crippen LogP contribution in [0.2, 0.25) is 5.02 Å².